The summed E-state index contributed by atoms with van der Waals surface area (Å²) in [5, 5.41) is 11.7. The van der Waals surface area contributed by atoms with Crippen LogP contribution in [0.4, 0.5) is 15.8 Å². The number of halogens is 1. The maximum Gasteiger partial charge on any atom is 0.163 e. The van der Waals surface area contributed by atoms with Gasteiger partial charge in [-0.25, -0.2) is 4.39 Å². The molecule has 1 heterocycles. The van der Waals surface area contributed by atoms with Crippen molar-refractivity contribution >= 4 is 11.4 Å². The van der Waals surface area contributed by atoms with E-state index in [1.165, 1.54) is 12.1 Å². The van der Waals surface area contributed by atoms with Gasteiger partial charge in [0.15, 0.2) is 11.5 Å². The smallest absolute Gasteiger partial charge is 0.163 e. The summed E-state index contributed by atoms with van der Waals surface area (Å²) in [5.74, 6) is 0.844. The van der Waals surface area contributed by atoms with Crippen LogP contribution >= 0.6 is 0 Å². The maximum absolute atomic E-state index is 13.8. The second-order valence-electron chi connectivity index (χ2n) is 4.29. The molecule has 0 saturated carbocycles. The fourth-order valence-electron chi connectivity index (χ4n) is 1.96. The lowest BCUT2D eigenvalue weighted by atomic mass is 10.2. The Kier molecular flexibility index (Phi) is 3.13. The maximum atomic E-state index is 13.8. The van der Waals surface area contributed by atoms with Crippen LogP contribution in [0.25, 0.3) is 0 Å². The Labute approximate surface area is 115 Å². The van der Waals surface area contributed by atoms with Gasteiger partial charge in [-0.05, 0) is 30.3 Å². The molecule has 1 aliphatic rings. The van der Waals surface area contributed by atoms with E-state index in [2.05, 4.69) is 5.32 Å². The summed E-state index contributed by atoms with van der Waals surface area (Å²) >= 11 is 0. The highest BCUT2D eigenvalue weighted by Crippen LogP contribution is 2.33. The van der Waals surface area contributed by atoms with Crippen molar-refractivity contribution in [1.29, 1.82) is 5.26 Å². The molecule has 0 bridgehead atoms. The Hall–Kier alpha value is -2.74. The number of benzene rings is 2. The van der Waals surface area contributed by atoms with Crippen molar-refractivity contribution in [2.24, 2.45) is 0 Å². The van der Waals surface area contributed by atoms with Crippen LogP contribution in [0.3, 0.4) is 0 Å². The molecule has 0 saturated heterocycles. The van der Waals surface area contributed by atoms with Gasteiger partial charge in [0.2, 0.25) is 0 Å². The Bertz CT molecular complexity index is 695. The summed E-state index contributed by atoms with van der Waals surface area (Å²) in [7, 11) is 0. The molecule has 0 spiro atoms. The average molecular weight is 270 g/mol. The Morgan fingerprint density at radius 2 is 1.85 bits per heavy atom. The average Bonchev–Trinajstić information content (AvgIpc) is 2.49. The monoisotopic (exact) mass is 270 g/mol. The molecular formula is C15H11FN2O2. The molecule has 2 aromatic rings. The largest absolute Gasteiger partial charge is 0.486 e. The minimum absolute atomic E-state index is 0.287. The number of hydrogen-bond acceptors (Lipinski definition) is 4. The number of rotatable bonds is 2. The Morgan fingerprint density at radius 3 is 2.60 bits per heavy atom. The molecule has 0 aromatic heterocycles. The highest BCUT2D eigenvalue weighted by molar-refractivity contribution is 5.64. The number of anilines is 2. The van der Waals surface area contributed by atoms with Crippen molar-refractivity contribution in [2.75, 3.05) is 18.5 Å². The molecule has 20 heavy (non-hydrogen) atoms. The van der Waals surface area contributed by atoms with Gasteiger partial charge in [-0.2, -0.15) is 5.26 Å². The van der Waals surface area contributed by atoms with Gasteiger partial charge >= 0.3 is 0 Å². The molecule has 0 amide bonds. The van der Waals surface area contributed by atoms with Gasteiger partial charge < -0.3 is 14.8 Å². The van der Waals surface area contributed by atoms with Crippen molar-refractivity contribution < 1.29 is 13.9 Å². The van der Waals surface area contributed by atoms with Crippen LogP contribution in [0.5, 0.6) is 11.5 Å². The number of hydrogen-bond donors (Lipinski definition) is 1. The van der Waals surface area contributed by atoms with Gasteiger partial charge in [0.05, 0.1) is 17.3 Å². The summed E-state index contributed by atoms with van der Waals surface area (Å²) in [6, 6.07) is 11.5. The zero-order chi connectivity index (χ0) is 13.9. The lowest BCUT2D eigenvalue weighted by Gasteiger charge is -2.19. The molecule has 5 heteroatoms. The molecule has 4 nitrogen and oxygen atoms in total. The Balaban J connectivity index is 1.86. The molecular weight excluding hydrogens is 259 g/mol. The van der Waals surface area contributed by atoms with Crippen LogP contribution in [-0.2, 0) is 0 Å². The van der Waals surface area contributed by atoms with Crippen molar-refractivity contribution in [2.45, 2.75) is 0 Å². The van der Waals surface area contributed by atoms with Crippen molar-refractivity contribution in [1.82, 2.24) is 0 Å². The van der Waals surface area contributed by atoms with Gasteiger partial charge in [0.25, 0.3) is 0 Å². The first-order valence-electron chi connectivity index (χ1n) is 6.12. The normalized spacial score (nSPS) is 12.6. The molecule has 1 N–H and O–H groups in total. The number of nitrogens with zero attached hydrogens (tertiary/aromatic N) is 1. The lowest BCUT2D eigenvalue weighted by Crippen LogP contribution is -2.15. The molecule has 2 aromatic carbocycles. The summed E-state index contributed by atoms with van der Waals surface area (Å²) < 4.78 is 24.7. The van der Waals surface area contributed by atoms with Crippen molar-refractivity contribution in [3.8, 4) is 17.6 Å². The molecule has 1 aliphatic heterocycles. The molecule has 100 valence electrons. The third-order valence-corrected chi connectivity index (χ3v) is 2.92. The number of nitrogens with one attached hydrogen (secondary N) is 1. The zero-order valence-corrected chi connectivity index (χ0v) is 10.5. The second-order valence-corrected chi connectivity index (χ2v) is 4.29. The number of ether oxygens (including phenoxy) is 2. The van der Waals surface area contributed by atoms with Gasteiger partial charge in [0.1, 0.15) is 19.0 Å². The van der Waals surface area contributed by atoms with E-state index < -0.39 is 5.82 Å². The lowest BCUT2D eigenvalue weighted by molar-refractivity contribution is 0.171. The van der Waals surface area contributed by atoms with Crippen LogP contribution in [0.2, 0.25) is 0 Å². The molecule has 0 unspecified atom stereocenters. The minimum Gasteiger partial charge on any atom is -0.486 e. The molecule has 0 atom stereocenters. The van der Waals surface area contributed by atoms with Crippen LogP contribution in [-0.4, -0.2) is 13.2 Å². The summed E-state index contributed by atoms with van der Waals surface area (Å²) in [6.45, 7) is 1.03. The second kappa shape index (κ2) is 5.10. The minimum atomic E-state index is -0.473. The van der Waals surface area contributed by atoms with Gasteiger partial charge in [0, 0.05) is 11.8 Å². The quantitative estimate of drug-likeness (QED) is 0.910. The summed E-state index contributed by atoms with van der Waals surface area (Å²) in [6.07, 6.45) is 0. The van der Waals surface area contributed by atoms with Crippen LogP contribution in [0, 0.1) is 17.1 Å². The van der Waals surface area contributed by atoms with E-state index in [9.17, 15) is 4.39 Å². The van der Waals surface area contributed by atoms with Crippen LogP contribution in [0.1, 0.15) is 5.56 Å². The number of fused-ring (bicyclic) bond motifs is 1. The first-order valence-corrected chi connectivity index (χ1v) is 6.12. The van der Waals surface area contributed by atoms with Crippen molar-refractivity contribution in [3.05, 3.63) is 47.8 Å². The first-order chi connectivity index (χ1) is 9.76. The highest BCUT2D eigenvalue weighted by Gasteiger charge is 2.12. The third kappa shape index (κ3) is 2.36. The number of nitriles is 1. The SMILES string of the molecule is N#Cc1ccc(Nc2ccc3c(c2)OCCO3)c(F)c1. The molecule has 3 rings (SSSR count). The predicted octanol–water partition coefficient (Wildman–Crippen LogP) is 3.21. The van der Waals surface area contributed by atoms with E-state index in [4.69, 9.17) is 14.7 Å². The van der Waals surface area contributed by atoms with E-state index in [0.29, 0.717) is 36.1 Å². The first kappa shape index (κ1) is 12.3. The van der Waals surface area contributed by atoms with E-state index in [0.717, 1.165) is 0 Å². The van der Waals surface area contributed by atoms with Gasteiger partial charge in [-0.15, -0.1) is 0 Å². The van der Waals surface area contributed by atoms with Crippen LogP contribution in [0.15, 0.2) is 36.4 Å². The van der Waals surface area contributed by atoms with E-state index in [1.54, 1.807) is 24.3 Å². The molecule has 0 radical (unpaired) electrons. The van der Waals surface area contributed by atoms with E-state index >= 15 is 0 Å². The summed E-state index contributed by atoms with van der Waals surface area (Å²) in [4.78, 5) is 0. The predicted molar refractivity (Wildman–Crippen MR) is 71.8 cm³/mol. The standard InChI is InChI=1S/C15H11FN2O2/c16-12-7-10(9-17)1-3-13(12)18-11-2-4-14-15(8-11)20-6-5-19-14/h1-4,7-8,18H,5-6H2. The molecule has 0 aliphatic carbocycles. The highest BCUT2D eigenvalue weighted by atomic mass is 19.1. The van der Waals surface area contributed by atoms with Gasteiger partial charge in [-0.3, -0.25) is 0 Å². The molecule has 0 fully saturated rings. The summed E-state index contributed by atoms with van der Waals surface area (Å²) in [5.41, 5.74) is 1.29. The Morgan fingerprint density at radius 1 is 1.05 bits per heavy atom. The van der Waals surface area contributed by atoms with E-state index in [-0.39, 0.29) is 5.56 Å². The zero-order valence-electron chi connectivity index (χ0n) is 10.5. The van der Waals surface area contributed by atoms with Crippen molar-refractivity contribution in [3.63, 3.8) is 0 Å². The fraction of sp³-hybridized carbons (Fsp3) is 0.133. The van der Waals surface area contributed by atoms with Gasteiger partial charge in [-0.1, -0.05) is 0 Å². The fourth-order valence-corrected chi connectivity index (χ4v) is 1.96. The van der Waals surface area contributed by atoms with Crippen LogP contribution < -0.4 is 14.8 Å². The third-order valence-electron chi connectivity index (χ3n) is 2.92. The van der Waals surface area contributed by atoms with E-state index in [1.807, 2.05) is 6.07 Å². The topological polar surface area (TPSA) is 54.3 Å².